The van der Waals surface area contributed by atoms with Gasteiger partial charge in [-0.15, -0.1) is 0 Å². The number of rotatable bonds is 5. The van der Waals surface area contributed by atoms with E-state index in [2.05, 4.69) is 15.0 Å². The van der Waals surface area contributed by atoms with Crippen LogP contribution in [0.1, 0.15) is 24.1 Å². The second kappa shape index (κ2) is 7.98. The van der Waals surface area contributed by atoms with Crippen LogP contribution in [0.15, 0.2) is 82.8 Å². The first-order valence-electron chi connectivity index (χ1n) is 9.17. The van der Waals surface area contributed by atoms with E-state index in [0.717, 1.165) is 5.56 Å². The molecular formula is C23H19N3O3. The molecule has 0 spiro atoms. The summed E-state index contributed by atoms with van der Waals surface area (Å²) in [6, 6.07) is 18.3. The van der Waals surface area contributed by atoms with Gasteiger partial charge in [-0.2, -0.15) is 0 Å². The van der Waals surface area contributed by atoms with Crippen molar-refractivity contribution in [2.45, 2.75) is 13.0 Å². The van der Waals surface area contributed by atoms with E-state index < -0.39 is 0 Å². The van der Waals surface area contributed by atoms with Gasteiger partial charge in [0.2, 0.25) is 5.88 Å². The predicted octanol–water partition coefficient (Wildman–Crippen LogP) is 4.60. The van der Waals surface area contributed by atoms with E-state index in [1.165, 1.54) is 0 Å². The van der Waals surface area contributed by atoms with E-state index in [1.807, 2.05) is 49.4 Å². The molecule has 0 saturated heterocycles. The normalized spacial score (nSPS) is 12.3. The Kier molecular flexibility index (Phi) is 5.07. The molecule has 0 radical (unpaired) electrons. The van der Waals surface area contributed by atoms with Crippen molar-refractivity contribution in [3.05, 3.63) is 94.5 Å². The Labute approximate surface area is 167 Å². The number of hydrogen-bond acceptors (Lipinski definition) is 5. The summed E-state index contributed by atoms with van der Waals surface area (Å²) in [5.41, 5.74) is 1.16. The van der Waals surface area contributed by atoms with E-state index in [-0.39, 0.29) is 17.5 Å². The van der Waals surface area contributed by atoms with Gasteiger partial charge in [-0.3, -0.25) is 19.8 Å². The zero-order valence-corrected chi connectivity index (χ0v) is 15.7. The largest absolute Gasteiger partial charge is 0.494 e. The molecule has 1 unspecified atom stereocenters. The number of ether oxygens (including phenoxy) is 1. The van der Waals surface area contributed by atoms with Crippen molar-refractivity contribution in [2.24, 2.45) is 4.99 Å². The molecule has 2 aromatic heterocycles. The van der Waals surface area contributed by atoms with Gasteiger partial charge in [-0.1, -0.05) is 30.3 Å². The van der Waals surface area contributed by atoms with Crippen LogP contribution in [-0.2, 0) is 0 Å². The number of H-pyrrole nitrogens is 1. The Hall–Kier alpha value is -3.93. The van der Waals surface area contributed by atoms with Crippen LogP contribution in [0, 0.1) is 0 Å². The van der Waals surface area contributed by atoms with Crippen LogP contribution in [0.5, 0.6) is 17.4 Å². The minimum atomic E-state index is -0.326. The van der Waals surface area contributed by atoms with Gasteiger partial charge in [0.1, 0.15) is 11.5 Å². The van der Waals surface area contributed by atoms with Gasteiger partial charge in [0.05, 0.1) is 17.8 Å². The topological polar surface area (TPSA) is 87.6 Å². The summed E-state index contributed by atoms with van der Waals surface area (Å²) in [5.74, 6) is 1.19. The fourth-order valence-corrected chi connectivity index (χ4v) is 3.05. The van der Waals surface area contributed by atoms with E-state index >= 15 is 0 Å². The zero-order valence-electron chi connectivity index (χ0n) is 15.7. The summed E-state index contributed by atoms with van der Waals surface area (Å²) in [7, 11) is 0. The average Bonchev–Trinajstić information content (AvgIpc) is 2.75. The first-order valence-corrected chi connectivity index (χ1v) is 9.17. The summed E-state index contributed by atoms with van der Waals surface area (Å²) < 4.78 is 5.75. The third kappa shape index (κ3) is 4.01. The Morgan fingerprint density at radius 3 is 2.52 bits per heavy atom. The van der Waals surface area contributed by atoms with E-state index in [1.54, 1.807) is 36.8 Å². The highest BCUT2D eigenvalue weighted by atomic mass is 16.5. The van der Waals surface area contributed by atoms with Crippen LogP contribution in [-0.4, -0.2) is 21.3 Å². The SMILES string of the molecule is CC(N=Cc1c(O)[nH]c(=O)c2ccccc12)c1ccc(Oc2cccnc2)cc1. The van der Waals surface area contributed by atoms with E-state index in [0.29, 0.717) is 27.8 Å². The summed E-state index contributed by atoms with van der Waals surface area (Å²) in [6.45, 7) is 1.96. The Bertz CT molecular complexity index is 1220. The summed E-state index contributed by atoms with van der Waals surface area (Å²) >= 11 is 0. The van der Waals surface area contributed by atoms with Gasteiger partial charge in [-0.05, 0) is 42.8 Å². The maximum Gasteiger partial charge on any atom is 0.258 e. The highest BCUT2D eigenvalue weighted by molar-refractivity contribution is 6.01. The monoisotopic (exact) mass is 385 g/mol. The molecule has 2 aromatic carbocycles. The van der Waals surface area contributed by atoms with E-state index in [4.69, 9.17) is 4.74 Å². The van der Waals surface area contributed by atoms with Gasteiger partial charge in [0.15, 0.2) is 0 Å². The average molecular weight is 385 g/mol. The molecule has 2 heterocycles. The summed E-state index contributed by atoms with van der Waals surface area (Å²) in [5, 5.41) is 11.3. The molecule has 0 bridgehead atoms. The quantitative estimate of drug-likeness (QED) is 0.492. The van der Waals surface area contributed by atoms with Crippen LogP contribution in [0.2, 0.25) is 0 Å². The molecule has 2 N–H and O–H groups in total. The fourth-order valence-electron chi connectivity index (χ4n) is 3.05. The van der Waals surface area contributed by atoms with Gasteiger partial charge in [-0.25, -0.2) is 0 Å². The maximum atomic E-state index is 12.0. The highest BCUT2D eigenvalue weighted by Gasteiger charge is 2.10. The van der Waals surface area contributed by atoms with Crippen molar-refractivity contribution in [1.29, 1.82) is 0 Å². The lowest BCUT2D eigenvalue weighted by Crippen LogP contribution is -2.08. The molecule has 6 heteroatoms. The Morgan fingerprint density at radius 2 is 1.79 bits per heavy atom. The molecule has 0 aliphatic heterocycles. The molecular weight excluding hydrogens is 366 g/mol. The lowest BCUT2D eigenvalue weighted by molar-refractivity contribution is 0.452. The van der Waals surface area contributed by atoms with Crippen LogP contribution in [0.4, 0.5) is 0 Å². The number of aromatic nitrogens is 2. The number of hydrogen-bond donors (Lipinski definition) is 2. The Balaban J connectivity index is 1.55. The number of nitrogens with zero attached hydrogens (tertiary/aromatic N) is 2. The molecule has 0 aliphatic rings. The second-order valence-electron chi connectivity index (χ2n) is 6.58. The van der Waals surface area contributed by atoms with E-state index in [9.17, 15) is 9.90 Å². The molecule has 0 aliphatic carbocycles. The van der Waals surface area contributed by atoms with Crippen molar-refractivity contribution in [3.63, 3.8) is 0 Å². The molecule has 4 aromatic rings. The number of pyridine rings is 2. The number of fused-ring (bicyclic) bond motifs is 1. The van der Waals surface area contributed by atoms with Crippen molar-refractivity contribution < 1.29 is 9.84 Å². The number of aromatic hydroxyl groups is 1. The lowest BCUT2D eigenvalue weighted by Gasteiger charge is -2.10. The molecule has 0 saturated carbocycles. The van der Waals surface area contributed by atoms with Crippen molar-refractivity contribution in [1.82, 2.24) is 9.97 Å². The zero-order chi connectivity index (χ0) is 20.2. The number of benzene rings is 2. The van der Waals surface area contributed by atoms with Crippen molar-refractivity contribution in [2.75, 3.05) is 0 Å². The molecule has 0 amide bonds. The lowest BCUT2D eigenvalue weighted by atomic mass is 10.1. The number of aliphatic imine (C=N–C) groups is 1. The van der Waals surface area contributed by atoms with Crippen LogP contribution >= 0.6 is 0 Å². The number of aromatic amines is 1. The van der Waals surface area contributed by atoms with Gasteiger partial charge in [0, 0.05) is 23.2 Å². The fraction of sp³-hybridized carbons (Fsp3) is 0.0870. The third-order valence-electron chi connectivity index (χ3n) is 4.61. The summed E-state index contributed by atoms with van der Waals surface area (Å²) in [6.07, 6.45) is 4.94. The molecule has 0 fully saturated rings. The first-order chi connectivity index (χ1) is 14.1. The van der Waals surface area contributed by atoms with Crippen molar-refractivity contribution >= 4 is 17.0 Å². The van der Waals surface area contributed by atoms with Crippen LogP contribution < -0.4 is 10.3 Å². The second-order valence-corrected chi connectivity index (χ2v) is 6.58. The van der Waals surface area contributed by atoms with Crippen LogP contribution in [0.3, 0.4) is 0 Å². The molecule has 4 rings (SSSR count). The van der Waals surface area contributed by atoms with Crippen molar-refractivity contribution in [3.8, 4) is 17.4 Å². The molecule has 6 nitrogen and oxygen atoms in total. The Morgan fingerprint density at radius 1 is 1.03 bits per heavy atom. The minimum Gasteiger partial charge on any atom is -0.494 e. The molecule has 144 valence electrons. The third-order valence-corrected chi connectivity index (χ3v) is 4.61. The van der Waals surface area contributed by atoms with Gasteiger partial charge in [0.25, 0.3) is 5.56 Å². The minimum absolute atomic E-state index is 0.146. The van der Waals surface area contributed by atoms with Gasteiger partial charge >= 0.3 is 0 Å². The standard InChI is InChI=1S/C23H19N3O3/c1-15(16-8-10-17(11-9-16)29-18-5-4-12-24-13-18)25-14-21-19-6-2-3-7-20(19)22(27)26-23(21)28/h2-15H,1H3,(H2,26,27,28). The maximum absolute atomic E-state index is 12.0. The smallest absolute Gasteiger partial charge is 0.258 e. The first kappa shape index (κ1) is 18.4. The predicted molar refractivity (Wildman–Crippen MR) is 113 cm³/mol. The van der Waals surface area contributed by atoms with Gasteiger partial charge < -0.3 is 9.84 Å². The highest BCUT2D eigenvalue weighted by Crippen LogP contribution is 2.25. The molecule has 29 heavy (non-hydrogen) atoms. The van der Waals surface area contributed by atoms with Crippen LogP contribution in [0.25, 0.3) is 10.8 Å². The summed E-state index contributed by atoms with van der Waals surface area (Å²) in [4.78, 5) is 23.0. The number of nitrogens with one attached hydrogen (secondary N) is 1. The molecule has 1 atom stereocenters.